The number of rotatable bonds is 77. The maximum Gasteiger partial charge on any atom is 0.472 e. The Labute approximate surface area is 594 Å². The average Bonchev–Trinajstić information content (AvgIpc) is 1.53. The third kappa shape index (κ3) is 70.9. The zero-order valence-electron chi connectivity index (χ0n) is 63.4. The van der Waals surface area contributed by atoms with E-state index in [2.05, 4.69) is 41.5 Å². The summed E-state index contributed by atoms with van der Waals surface area (Å²) in [5.74, 6) is -0.536. The molecule has 17 nitrogen and oxygen atoms in total. The van der Waals surface area contributed by atoms with Gasteiger partial charge in [0, 0.05) is 25.7 Å². The molecular formula is C78H152O17P2. The summed E-state index contributed by atoms with van der Waals surface area (Å²) in [6, 6.07) is 0. The highest BCUT2D eigenvalue weighted by Gasteiger charge is 2.30. The fraction of sp³-hybridized carbons (Fsp3) is 0.949. The summed E-state index contributed by atoms with van der Waals surface area (Å²) in [6.45, 7) is 9.55. The quantitative estimate of drug-likeness (QED) is 0.0222. The molecule has 0 amide bonds. The van der Waals surface area contributed by atoms with Gasteiger partial charge in [-0.2, -0.15) is 0 Å². The average molecular weight is 1420 g/mol. The van der Waals surface area contributed by atoms with Gasteiger partial charge in [-0.15, -0.1) is 0 Å². The highest BCUT2D eigenvalue weighted by Crippen LogP contribution is 2.45. The van der Waals surface area contributed by atoms with Crippen molar-refractivity contribution in [2.75, 3.05) is 39.6 Å². The van der Waals surface area contributed by atoms with Crippen LogP contribution in [0.2, 0.25) is 0 Å². The van der Waals surface area contributed by atoms with Crippen LogP contribution in [0.1, 0.15) is 408 Å². The second kappa shape index (κ2) is 69.8. The number of unbranched alkanes of at least 4 members (excludes halogenated alkanes) is 46. The van der Waals surface area contributed by atoms with E-state index in [0.29, 0.717) is 25.7 Å². The molecule has 0 aromatic rings. The van der Waals surface area contributed by atoms with E-state index in [1.54, 1.807) is 0 Å². The first-order chi connectivity index (χ1) is 46.9. The van der Waals surface area contributed by atoms with Crippen molar-refractivity contribution in [1.29, 1.82) is 0 Å². The Kier molecular flexibility index (Phi) is 68.4. The molecule has 6 atom stereocenters. The SMILES string of the molecule is CCCCCCCCCCCCCCCCCCCCCC(=O)OC[C@H](COP(=O)(O)OC[C@@H](O)COP(=O)(O)OC[C@@H](COC(=O)CCCCCCC)OC(=O)CCCCCCCCCCC(C)CC)OC(=O)CCCCCCCCCCCCCCCCCCCCC(C)C. The lowest BCUT2D eigenvalue weighted by atomic mass is 9.99. The summed E-state index contributed by atoms with van der Waals surface area (Å²) in [4.78, 5) is 72.6. The number of ether oxygens (including phenoxy) is 4. The van der Waals surface area contributed by atoms with Gasteiger partial charge < -0.3 is 33.8 Å². The summed E-state index contributed by atoms with van der Waals surface area (Å²) in [7, 11) is -9.90. The van der Waals surface area contributed by atoms with Crippen molar-refractivity contribution in [3.05, 3.63) is 0 Å². The molecule has 0 heterocycles. The van der Waals surface area contributed by atoms with E-state index >= 15 is 0 Å². The highest BCUT2D eigenvalue weighted by atomic mass is 31.2. The number of aliphatic hydroxyl groups excluding tert-OH is 1. The summed E-state index contributed by atoms with van der Waals surface area (Å²) >= 11 is 0. The Bertz CT molecular complexity index is 1870. The van der Waals surface area contributed by atoms with Gasteiger partial charge in [-0.1, -0.05) is 356 Å². The molecule has 19 heteroatoms. The van der Waals surface area contributed by atoms with Crippen molar-refractivity contribution in [3.63, 3.8) is 0 Å². The zero-order chi connectivity index (χ0) is 71.4. The maximum atomic E-state index is 13.1. The normalized spacial score (nSPS) is 14.2. The van der Waals surface area contributed by atoms with Crippen molar-refractivity contribution in [1.82, 2.24) is 0 Å². The van der Waals surface area contributed by atoms with Crippen LogP contribution in [-0.2, 0) is 65.4 Å². The van der Waals surface area contributed by atoms with Crippen molar-refractivity contribution in [2.24, 2.45) is 11.8 Å². The van der Waals surface area contributed by atoms with E-state index in [0.717, 1.165) is 108 Å². The molecule has 0 fully saturated rings. The second-order valence-corrected chi connectivity index (χ2v) is 31.7. The molecule has 0 aliphatic carbocycles. The Balaban J connectivity index is 5.12. The van der Waals surface area contributed by atoms with Crippen LogP contribution < -0.4 is 0 Å². The summed E-state index contributed by atoms with van der Waals surface area (Å²) in [5.41, 5.74) is 0. The Morgan fingerprint density at radius 2 is 0.526 bits per heavy atom. The van der Waals surface area contributed by atoms with Crippen LogP contribution in [0.4, 0.5) is 0 Å². The van der Waals surface area contributed by atoms with Crippen LogP contribution in [-0.4, -0.2) is 96.7 Å². The molecule has 576 valence electrons. The minimum absolute atomic E-state index is 0.104. The monoisotopic (exact) mass is 1420 g/mol. The fourth-order valence-electron chi connectivity index (χ4n) is 12.0. The van der Waals surface area contributed by atoms with Gasteiger partial charge in [0.15, 0.2) is 12.2 Å². The third-order valence-electron chi connectivity index (χ3n) is 18.6. The lowest BCUT2D eigenvalue weighted by Gasteiger charge is -2.21. The standard InChI is InChI=1S/C78H152O17P2/c1-7-10-12-14-15-16-17-18-19-20-21-25-28-31-34-37-43-49-55-61-76(81)89-67-74(95-77(82)62-56-50-44-38-35-32-29-26-23-22-24-27-30-33-36-41-47-52-58-70(4)5)69-93-97(86,87)91-65-72(79)64-90-96(84,85)92-68-73(66-88-75(80)60-54-46-13-11-8-2)94-78(83)63-57-51-45-40-39-42-48-53-59-71(6)9-3/h70-74,79H,7-69H2,1-6H3,(H,84,85)(H,86,87)/t71?,72-,73+,74+/m0/s1. The minimum Gasteiger partial charge on any atom is -0.462 e. The number of phosphoric ester groups is 2. The number of aliphatic hydroxyl groups is 1. The number of carbonyl (C=O) groups excluding carboxylic acids is 4. The van der Waals surface area contributed by atoms with Crippen molar-refractivity contribution >= 4 is 39.5 Å². The Hall–Kier alpha value is -1.94. The zero-order valence-corrected chi connectivity index (χ0v) is 65.2. The molecule has 97 heavy (non-hydrogen) atoms. The maximum absolute atomic E-state index is 13.1. The van der Waals surface area contributed by atoms with Gasteiger partial charge in [0.25, 0.3) is 0 Å². The van der Waals surface area contributed by atoms with Crippen molar-refractivity contribution < 1.29 is 80.2 Å². The van der Waals surface area contributed by atoms with Gasteiger partial charge in [-0.3, -0.25) is 37.3 Å². The van der Waals surface area contributed by atoms with E-state index in [1.807, 2.05) is 0 Å². The lowest BCUT2D eigenvalue weighted by molar-refractivity contribution is -0.161. The number of carbonyl (C=O) groups is 4. The molecule has 0 saturated carbocycles. The van der Waals surface area contributed by atoms with E-state index in [9.17, 15) is 43.2 Å². The number of hydrogen-bond donors (Lipinski definition) is 3. The smallest absolute Gasteiger partial charge is 0.462 e. The predicted octanol–water partition coefficient (Wildman–Crippen LogP) is 23.1. The van der Waals surface area contributed by atoms with Crippen LogP contribution in [0, 0.1) is 11.8 Å². The van der Waals surface area contributed by atoms with E-state index in [-0.39, 0.29) is 25.7 Å². The van der Waals surface area contributed by atoms with Gasteiger partial charge in [0.1, 0.15) is 19.3 Å². The van der Waals surface area contributed by atoms with Gasteiger partial charge in [0.05, 0.1) is 26.4 Å². The molecule has 0 aliphatic rings. The van der Waals surface area contributed by atoms with Crippen molar-refractivity contribution in [2.45, 2.75) is 426 Å². The first kappa shape index (κ1) is 95.1. The summed E-state index contributed by atoms with van der Waals surface area (Å²) in [5, 5.41) is 10.6. The van der Waals surface area contributed by atoms with Crippen LogP contribution in [0.3, 0.4) is 0 Å². The van der Waals surface area contributed by atoms with E-state index in [4.69, 9.17) is 37.0 Å². The third-order valence-corrected chi connectivity index (χ3v) is 20.5. The number of esters is 4. The van der Waals surface area contributed by atoms with E-state index < -0.39 is 97.5 Å². The molecule has 0 aromatic heterocycles. The molecule has 0 radical (unpaired) electrons. The largest absolute Gasteiger partial charge is 0.472 e. The molecule has 0 bridgehead atoms. The molecule has 0 aliphatic heterocycles. The molecule has 3 N–H and O–H groups in total. The van der Waals surface area contributed by atoms with Gasteiger partial charge >= 0.3 is 39.5 Å². The minimum atomic E-state index is -4.96. The Morgan fingerprint density at radius 3 is 0.784 bits per heavy atom. The molecular weight excluding hydrogens is 1270 g/mol. The van der Waals surface area contributed by atoms with Gasteiger partial charge in [-0.25, -0.2) is 9.13 Å². The summed E-state index contributed by atoms with van der Waals surface area (Å²) in [6.07, 6.45) is 58.8. The predicted molar refractivity (Wildman–Crippen MR) is 395 cm³/mol. The molecule has 0 saturated heterocycles. The Morgan fingerprint density at radius 1 is 0.299 bits per heavy atom. The fourth-order valence-corrected chi connectivity index (χ4v) is 13.6. The van der Waals surface area contributed by atoms with Gasteiger partial charge in [-0.05, 0) is 37.5 Å². The lowest BCUT2D eigenvalue weighted by Crippen LogP contribution is -2.30. The van der Waals surface area contributed by atoms with Crippen LogP contribution in [0.15, 0.2) is 0 Å². The summed E-state index contributed by atoms with van der Waals surface area (Å²) < 4.78 is 68.3. The topological polar surface area (TPSA) is 237 Å². The molecule has 0 aromatic carbocycles. The molecule has 3 unspecified atom stereocenters. The number of phosphoric acid groups is 2. The number of hydrogen-bond acceptors (Lipinski definition) is 15. The van der Waals surface area contributed by atoms with Crippen LogP contribution in [0.5, 0.6) is 0 Å². The van der Waals surface area contributed by atoms with Crippen molar-refractivity contribution in [3.8, 4) is 0 Å². The van der Waals surface area contributed by atoms with Gasteiger partial charge in [0.2, 0.25) is 0 Å². The second-order valence-electron chi connectivity index (χ2n) is 28.8. The van der Waals surface area contributed by atoms with E-state index in [1.165, 1.54) is 218 Å². The molecule has 0 rings (SSSR count). The first-order valence-corrected chi connectivity index (χ1v) is 43.5. The first-order valence-electron chi connectivity index (χ1n) is 40.5. The van der Waals surface area contributed by atoms with Crippen LogP contribution in [0.25, 0.3) is 0 Å². The highest BCUT2D eigenvalue weighted by molar-refractivity contribution is 7.47. The van der Waals surface area contributed by atoms with Crippen LogP contribution >= 0.6 is 15.6 Å². The molecule has 0 spiro atoms.